The van der Waals surface area contributed by atoms with E-state index in [1.165, 1.54) is 5.56 Å². The first-order valence-corrected chi connectivity index (χ1v) is 4.57. The molecule has 1 aliphatic rings. The van der Waals surface area contributed by atoms with Crippen molar-refractivity contribution < 1.29 is 4.79 Å². The lowest BCUT2D eigenvalue weighted by Crippen LogP contribution is -2.27. The fourth-order valence-electron chi connectivity index (χ4n) is 1.64. The molecule has 2 nitrogen and oxygen atoms in total. The first kappa shape index (κ1) is 8.30. The molecule has 68 valence electrons. The van der Waals surface area contributed by atoms with E-state index in [0.29, 0.717) is 0 Å². The maximum absolute atomic E-state index is 11.7. The van der Waals surface area contributed by atoms with Gasteiger partial charge in [-0.05, 0) is 24.6 Å². The monoisotopic (exact) mass is 175 g/mol. The van der Waals surface area contributed by atoms with E-state index in [2.05, 4.69) is 5.32 Å². The van der Waals surface area contributed by atoms with Gasteiger partial charge in [-0.1, -0.05) is 13.0 Å². The summed E-state index contributed by atoms with van der Waals surface area (Å²) < 4.78 is 0. The lowest BCUT2D eigenvalue weighted by atomic mass is 9.93. The van der Waals surface area contributed by atoms with Crippen LogP contribution in [0.2, 0.25) is 0 Å². The predicted molar refractivity (Wildman–Crippen MR) is 53.2 cm³/mol. The highest BCUT2D eigenvalue weighted by atomic mass is 16.1. The number of hydrogen-bond donors (Lipinski definition) is 1. The largest absolute Gasteiger partial charge is 0.384 e. The second-order valence-corrected chi connectivity index (χ2v) is 3.70. The molecule has 1 N–H and O–H groups in total. The van der Waals surface area contributed by atoms with Crippen LogP contribution in [0, 0.1) is 12.8 Å². The quantitative estimate of drug-likeness (QED) is 0.655. The van der Waals surface area contributed by atoms with Crippen molar-refractivity contribution in [1.82, 2.24) is 0 Å². The van der Waals surface area contributed by atoms with Crippen LogP contribution in [-0.4, -0.2) is 12.3 Å². The van der Waals surface area contributed by atoms with Gasteiger partial charge in [0.25, 0.3) is 0 Å². The minimum Gasteiger partial charge on any atom is -0.384 e. The van der Waals surface area contributed by atoms with E-state index in [1.54, 1.807) is 0 Å². The van der Waals surface area contributed by atoms with Crippen LogP contribution in [0.4, 0.5) is 5.69 Å². The number of ketones is 1. The molecule has 0 radical (unpaired) electrons. The third-order valence-electron chi connectivity index (χ3n) is 2.49. The van der Waals surface area contributed by atoms with Crippen molar-refractivity contribution in [3.8, 4) is 0 Å². The minimum absolute atomic E-state index is 0.107. The Morgan fingerprint density at radius 3 is 3.00 bits per heavy atom. The van der Waals surface area contributed by atoms with Gasteiger partial charge in [0.15, 0.2) is 5.78 Å². The molecule has 1 atom stereocenters. The van der Waals surface area contributed by atoms with Crippen LogP contribution < -0.4 is 5.32 Å². The fourth-order valence-corrected chi connectivity index (χ4v) is 1.64. The first-order valence-electron chi connectivity index (χ1n) is 4.57. The summed E-state index contributed by atoms with van der Waals surface area (Å²) in [5.41, 5.74) is 3.01. The maximum Gasteiger partial charge on any atom is 0.169 e. The van der Waals surface area contributed by atoms with Gasteiger partial charge in [-0.3, -0.25) is 4.79 Å². The van der Waals surface area contributed by atoms with E-state index >= 15 is 0 Å². The summed E-state index contributed by atoms with van der Waals surface area (Å²) in [6.07, 6.45) is 0. The lowest BCUT2D eigenvalue weighted by Gasteiger charge is -2.22. The second kappa shape index (κ2) is 2.87. The van der Waals surface area contributed by atoms with Crippen LogP contribution in [0.1, 0.15) is 22.8 Å². The van der Waals surface area contributed by atoms with E-state index in [9.17, 15) is 4.79 Å². The molecular formula is C11H13NO. The van der Waals surface area contributed by atoms with Crippen LogP contribution in [0.25, 0.3) is 0 Å². The zero-order valence-corrected chi connectivity index (χ0v) is 7.92. The zero-order chi connectivity index (χ0) is 9.42. The summed E-state index contributed by atoms with van der Waals surface area (Å²) in [6.45, 7) is 4.75. The molecule has 1 unspecified atom stereocenters. The lowest BCUT2D eigenvalue weighted by molar-refractivity contribution is 0.0932. The normalized spacial score (nSPS) is 20.8. The molecule has 1 aromatic carbocycles. The molecule has 0 saturated heterocycles. The highest BCUT2D eigenvalue weighted by Crippen LogP contribution is 2.25. The van der Waals surface area contributed by atoms with Crippen molar-refractivity contribution in [1.29, 1.82) is 0 Å². The molecule has 2 heteroatoms. The number of carbonyl (C=O) groups is 1. The Morgan fingerprint density at radius 1 is 1.46 bits per heavy atom. The number of rotatable bonds is 0. The number of aryl methyl sites for hydroxylation is 1. The molecule has 0 aliphatic carbocycles. The molecule has 0 spiro atoms. The minimum atomic E-state index is 0.107. The average molecular weight is 175 g/mol. The molecule has 1 heterocycles. The molecule has 0 bridgehead atoms. The smallest absolute Gasteiger partial charge is 0.169 e. The molecule has 1 aromatic rings. The number of carbonyl (C=O) groups excluding carboxylic acids is 1. The third-order valence-corrected chi connectivity index (χ3v) is 2.49. The number of benzene rings is 1. The molecule has 13 heavy (non-hydrogen) atoms. The van der Waals surface area contributed by atoms with E-state index in [0.717, 1.165) is 17.8 Å². The molecule has 0 aromatic heterocycles. The van der Waals surface area contributed by atoms with E-state index < -0.39 is 0 Å². The first-order chi connectivity index (χ1) is 6.18. The van der Waals surface area contributed by atoms with Gasteiger partial charge in [-0.15, -0.1) is 0 Å². The van der Waals surface area contributed by atoms with E-state index in [-0.39, 0.29) is 11.7 Å². The number of nitrogens with one attached hydrogen (secondary N) is 1. The zero-order valence-electron chi connectivity index (χ0n) is 7.92. The van der Waals surface area contributed by atoms with Crippen molar-refractivity contribution in [2.24, 2.45) is 5.92 Å². The molecule has 2 rings (SSSR count). The summed E-state index contributed by atoms with van der Waals surface area (Å²) in [5, 5.41) is 3.26. The molecular weight excluding hydrogens is 162 g/mol. The van der Waals surface area contributed by atoms with Crippen molar-refractivity contribution in [3.63, 3.8) is 0 Å². The highest BCUT2D eigenvalue weighted by molar-refractivity contribution is 6.04. The maximum atomic E-state index is 11.7. The van der Waals surface area contributed by atoms with Crippen molar-refractivity contribution in [3.05, 3.63) is 29.3 Å². The summed E-state index contributed by atoms with van der Waals surface area (Å²) >= 11 is 0. The summed E-state index contributed by atoms with van der Waals surface area (Å²) in [4.78, 5) is 11.7. The van der Waals surface area contributed by atoms with Gasteiger partial charge in [0.2, 0.25) is 0 Å². The Labute approximate surface area is 78.0 Å². The fraction of sp³-hybridized carbons (Fsp3) is 0.364. The van der Waals surface area contributed by atoms with Gasteiger partial charge in [-0.2, -0.15) is 0 Å². The summed E-state index contributed by atoms with van der Waals surface area (Å²) in [6, 6.07) is 5.92. The van der Waals surface area contributed by atoms with Gasteiger partial charge in [0.05, 0.1) is 0 Å². The second-order valence-electron chi connectivity index (χ2n) is 3.70. The molecule has 0 fully saturated rings. The summed E-state index contributed by atoms with van der Waals surface area (Å²) in [5.74, 6) is 0.365. The molecule has 0 saturated carbocycles. The van der Waals surface area contributed by atoms with E-state index in [1.807, 2.05) is 32.0 Å². The number of hydrogen-bond acceptors (Lipinski definition) is 2. The molecule has 0 amide bonds. The topological polar surface area (TPSA) is 29.1 Å². The Balaban J connectivity index is 2.50. The SMILES string of the molecule is Cc1ccc2c(c1)NCC(C)C2=O. The van der Waals surface area contributed by atoms with Crippen LogP contribution in [-0.2, 0) is 0 Å². The number of fused-ring (bicyclic) bond motifs is 1. The highest BCUT2D eigenvalue weighted by Gasteiger charge is 2.22. The van der Waals surface area contributed by atoms with Gasteiger partial charge < -0.3 is 5.32 Å². The standard InChI is InChI=1S/C11H13NO/c1-7-3-4-9-10(5-7)12-6-8(2)11(9)13/h3-5,8,12H,6H2,1-2H3. The average Bonchev–Trinajstić information content (AvgIpc) is 2.12. The molecule has 1 aliphatic heterocycles. The number of anilines is 1. The number of Topliss-reactive ketones (excluding diaryl/α,β-unsaturated/α-hetero) is 1. The van der Waals surface area contributed by atoms with Gasteiger partial charge in [0, 0.05) is 23.7 Å². The van der Waals surface area contributed by atoms with Gasteiger partial charge >= 0.3 is 0 Å². The van der Waals surface area contributed by atoms with Crippen LogP contribution in [0.5, 0.6) is 0 Å². The Kier molecular flexibility index (Phi) is 1.83. The van der Waals surface area contributed by atoms with Crippen molar-refractivity contribution in [2.75, 3.05) is 11.9 Å². The van der Waals surface area contributed by atoms with Crippen molar-refractivity contribution >= 4 is 11.5 Å². The Hall–Kier alpha value is -1.31. The van der Waals surface area contributed by atoms with Crippen LogP contribution >= 0.6 is 0 Å². The van der Waals surface area contributed by atoms with Crippen LogP contribution in [0.15, 0.2) is 18.2 Å². The van der Waals surface area contributed by atoms with Crippen molar-refractivity contribution in [2.45, 2.75) is 13.8 Å². The van der Waals surface area contributed by atoms with Crippen LogP contribution in [0.3, 0.4) is 0 Å². The predicted octanol–water partition coefficient (Wildman–Crippen LogP) is 2.24. The van der Waals surface area contributed by atoms with E-state index in [4.69, 9.17) is 0 Å². The Bertz CT molecular complexity index is 357. The van der Waals surface area contributed by atoms with Gasteiger partial charge in [0.1, 0.15) is 0 Å². The summed E-state index contributed by atoms with van der Waals surface area (Å²) in [7, 11) is 0. The third kappa shape index (κ3) is 1.32. The van der Waals surface area contributed by atoms with Gasteiger partial charge in [-0.25, -0.2) is 0 Å². The Morgan fingerprint density at radius 2 is 2.23 bits per heavy atom.